The molecule has 3 fully saturated rings. The smallest absolute Gasteiger partial charge is 0.190 e. The van der Waals surface area contributed by atoms with Gasteiger partial charge < -0.3 is 19.3 Å². The summed E-state index contributed by atoms with van der Waals surface area (Å²) in [4.78, 5) is 0. The highest BCUT2D eigenvalue weighted by molar-refractivity contribution is 5.06. The molecule has 3 aliphatic rings. The van der Waals surface area contributed by atoms with Crippen LogP contribution in [-0.2, 0) is 14.2 Å². The van der Waals surface area contributed by atoms with Gasteiger partial charge in [0.15, 0.2) is 12.6 Å². The molecule has 8 unspecified atom stereocenters. The Morgan fingerprint density at radius 3 is 2.61 bits per heavy atom. The van der Waals surface area contributed by atoms with E-state index in [1.807, 2.05) is 0 Å². The van der Waals surface area contributed by atoms with E-state index in [0.29, 0.717) is 18.9 Å². The Hall–Kier alpha value is -0.600. The minimum Gasteiger partial charge on any atom is -0.384 e. The van der Waals surface area contributed by atoms with Crippen LogP contribution in [0.5, 0.6) is 0 Å². The summed E-state index contributed by atoms with van der Waals surface area (Å²) in [5, 5.41) is 11.7. The zero-order valence-corrected chi connectivity index (χ0v) is 14.5. The summed E-state index contributed by atoms with van der Waals surface area (Å²) in [6.45, 7) is 6.93. The maximum atomic E-state index is 11.7. The van der Waals surface area contributed by atoms with Gasteiger partial charge in [-0.25, -0.2) is 0 Å². The van der Waals surface area contributed by atoms with Gasteiger partial charge in [0, 0.05) is 18.3 Å². The molecule has 0 amide bonds. The average Bonchev–Trinajstić information content (AvgIpc) is 2.63. The first-order valence-electron chi connectivity index (χ1n) is 9.06. The molecule has 0 aromatic carbocycles. The summed E-state index contributed by atoms with van der Waals surface area (Å²) in [5.74, 6) is 3.63. The van der Waals surface area contributed by atoms with E-state index < -0.39 is 11.9 Å². The standard InChI is InChI=1S/C19H30O4/c1-5-6-11-21-17-14(4)16-9-7-12(2)15-10-8-13(3)22-18(23-17)19(15,16)20/h1,12-18,20H,6-11H2,2-4H3. The maximum Gasteiger partial charge on any atom is 0.190 e. The van der Waals surface area contributed by atoms with Crippen LogP contribution < -0.4 is 0 Å². The van der Waals surface area contributed by atoms with Crippen LogP contribution in [0.4, 0.5) is 0 Å². The number of terminal acetylenes is 1. The zero-order chi connectivity index (χ0) is 16.6. The van der Waals surface area contributed by atoms with Crippen LogP contribution >= 0.6 is 0 Å². The second-order valence-corrected chi connectivity index (χ2v) is 7.70. The van der Waals surface area contributed by atoms with Crippen molar-refractivity contribution in [3.8, 4) is 12.3 Å². The van der Waals surface area contributed by atoms with Gasteiger partial charge in [0.05, 0.1) is 12.7 Å². The van der Waals surface area contributed by atoms with Crippen LogP contribution in [0.1, 0.15) is 52.9 Å². The summed E-state index contributed by atoms with van der Waals surface area (Å²) in [6.07, 6.45) is 9.17. The molecule has 1 N–H and O–H groups in total. The van der Waals surface area contributed by atoms with Crippen LogP contribution in [0, 0.1) is 36.0 Å². The molecule has 0 bridgehead atoms. The topological polar surface area (TPSA) is 47.9 Å². The fourth-order valence-corrected chi connectivity index (χ4v) is 4.96. The van der Waals surface area contributed by atoms with Gasteiger partial charge in [-0.05, 0) is 44.4 Å². The quantitative estimate of drug-likeness (QED) is 0.641. The highest BCUT2D eigenvalue weighted by atomic mass is 16.8. The molecule has 23 heavy (non-hydrogen) atoms. The summed E-state index contributed by atoms with van der Waals surface area (Å²) in [7, 11) is 0. The van der Waals surface area contributed by atoms with E-state index >= 15 is 0 Å². The van der Waals surface area contributed by atoms with Crippen molar-refractivity contribution in [3.05, 3.63) is 0 Å². The summed E-state index contributed by atoms with van der Waals surface area (Å²) < 4.78 is 18.1. The molecule has 2 aliphatic heterocycles. The number of ether oxygens (including phenoxy) is 3. The first-order valence-corrected chi connectivity index (χ1v) is 9.06. The van der Waals surface area contributed by atoms with Crippen molar-refractivity contribution in [1.82, 2.24) is 0 Å². The summed E-state index contributed by atoms with van der Waals surface area (Å²) in [6, 6.07) is 0. The van der Waals surface area contributed by atoms with E-state index in [2.05, 4.69) is 26.7 Å². The molecule has 2 heterocycles. The van der Waals surface area contributed by atoms with Gasteiger partial charge in [-0.15, -0.1) is 12.3 Å². The van der Waals surface area contributed by atoms with Crippen molar-refractivity contribution >= 4 is 0 Å². The third-order valence-corrected chi connectivity index (χ3v) is 6.28. The molecule has 0 aromatic rings. The van der Waals surface area contributed by atoms with Gasteiger partial charge in [0.1, 0.15) is 5.60 Å². The molecule has 0 spiro atoms. The highest BCUT2D eigenvalue weighted by Crippen LogP contribution is 2.54. The lowest BCUT2D eigenvalue weighted by atomic mass is 9.58. The van der Waals surface area contributed by atoms with E-state index in [9.17, 15) is 5.11 Å². The van der Waals surface area contributed by atoms with Crippen LogP contribution in [0.3, 0.4) is 0 Å². The zero-order valence-electron chi connectivity index (χ0n) is 14.5. The van der Waals surface area contributed by atoms with Crippen LogP contribution in [0.25, 0.3) is 0 Å². The third-order valence-electron chi connectivity index (χ3n) is 6.28. The number of hydrogen-bond donors (Lipinski definition) is 1. The lowest BCUT2D eigenvalue weighted by Gasteiger charge is -2.57. The van der Waals surface area contributed by atoms with Gasteiger partial charge in [-0.1, -0.05) is 13.8 Å². The molecule has 1 aliphatic carbocycles. The molecule has 130 valence electrons. The van der Waals surface area contributed by atoms with E-state index in [-0.39, 0.29) is 30.1 Å². The molecule has 0 aromatic heterocycles. The Morgan fingerprint density at radius 2 is 1.87 bits per heavy atom. The first kappa shape index (κ1) is 17.2. The fraction of sp³-hybridized carbons (Fsp3) is 0.895. The monoisotopic (exact) mass is 322 g/mol. The molecule has 0 radical (unpaired) electrons. The molecular formula is C19H30O4. The first-order chi connectivity index (χ1) is 11.0. The SMILES string of the molecule is C#CCCOC1OC2OC(C)CCC3C(C)CCC(C1C)C23O. The molecule has 4 heteroatoms. The second kappa shape index (κ2) is 6.72. The van der Waals surface area contributed by atoms with Crippen molar-refractivity contribution in [1.29, 1.82) is 0 Å². The number of hydrogen-bond acceptors (Lipinski definition) is 4. The van der Waals surface area contributed by atoms with Gasteiger partial charge in [0.2, 0.25) is 0 Å². The Kier molecular flexibility index (Phi) is 5.04. The predicted molar refractivity (Wildman–Crippen MR) is 87.3 cm³/mol. The molecule has 1 saturated carbocycles. The van der Waals surface area contributed by atoms with Gasteiger partial charge in [-0.2, -0.15) is 0 Å². The Balaban J connectivity index is 1.86. The Morgan fingerprint density at radius 1 is 1.13 bits per heavy atom. The van der Waals surface area contributed by atoms with Crippen molar-refractivity contribution in [2.75, 3.05) is 6.61 Å². The molecule has 4 nitrogen and oxygen atoms in total. The van der Waals surface area contributed by atoms with E-state index in [4.69, 9.17) is 20.6 Å². The molecule has 8 atom stereocenters. The van der Waals surface area contributed by atoms with E-state index in [0.717, 1.165) is 25.7 Å². The van der Waals surface area contributed by atoms with Crippen LogP contribution in [0.15, 0.2) is 0 Å². The Bertz CT molecular complexity index is 459. The van der Waals surface area contributed by atoms with E-state index in [1.54, 1.807) is 0 Å². The Labute approximate surface area is 139 Å². The third kappa shape index (κ3) is 2.93. The normalized spacial score (nSPS) is 49.8. The fourth-order valence-electron chi connectivity index (χ4n) is 4.96. The van der Waals surface area contributed by atoms with Crippen LogP contribution in [-0.4, -0.2) is 36.0 Å². The van der Waals surface area contributed by atoms with Crippen molar-refractivity contribution in [3.63, 3.8) is 0 Å². The number of rotatable bonds is 3. The van der Waals surface area contributed by atoms with Gasteiger partial charge >= 0.3 is 0 Å². The lowest BCUT2D eigenvalue weighted by Crippen LogP contribution is -2.66. The van der Waals surface area contributed by atoms with E-state index in [1.165, 1.54) is 0 Å². The van der Waals surface area contributed by atoms with Crippen molar-refractivity contribution in [2.45, 2.75) is 77.2 Å². The highest BCUT2D eigenvalue weighted by Gasteiger charge is 2.62. The minimum atomic E-state index is -0.895. The van der Waals surface area contributed by atoms with Crippen molar-refractivity contribution < 1.29 is 19.3 Å². The lowest BCUT2D eigenvalue weighted by molar-refractivity contribution is -0.381. The van der Waals surface area contributed by atoms with Crippen LogP contribution in [0.2, 0.25) is 0 Å². The maximum absolute atomic E-state index is 11.7. The average molecular weight is 322 g/mol. The molecule has 3 rings (SSSR count). The molecule has 2 saturated heterocycles. The number of aliphatic hydroxyl groups is 1. The summed E-state index contributed by atoms with van der Waals surface area (Å²) in [5.41, 5.74) is -0.895. The van der Waals surface area contributed by atoms with Gasteiger partial charge in [0.25, 0.3) is 0 Å². The summed E-state index contributed by atoms with van der Waals surface area (Å²) >= 11 is 0. The largest absolute Gasteiger partial charge is 0.384 e. The predicted octanol–water partition coefficient (Wildman–Crippen LogP) is 2.94. The molecular weight excluding hydrogens is 292 g/mol. The second-order valence-electron chi connectivity index (χ2n) is 7.70. The van der Waals surface area contributed by atoms with Crippen molar-refractivity contribution in [2.24, 2.45) is 23.7 Å². The minimum absolute atomic E-state index is 0.0993. The van der Waals surface area contributed by atoms with Gasteiger partial charge in [-0.3, -0.25) is 0 Å².